The van der Waals surface area contributed by atoms with Crippen molar-refractivity contribution >= 4 is 18.1 Å². The second kappa shape index (κ2) is 9.70. The van der Waals surface area contributed by atoms with Gasteiger partial charge in [-0.05, 0) is 43.9 Å². The highest BCUT2D eigenvalue weighted by molar-refractivity contribution is 6.16. The summed E-state index contributed by atoms with van der Waals surface area (Å²) in [6.45, 7) is 2.48. The Hall–Kier alpha value is -2.58. The number of methoxy groups -OCH3 is 3. The summed E-state index contributed by atoms with van der Waals surface area (Å²) in [4.78, 5) is 5.09. The number of hydrogen-bond acceptors (Lipinski definition) is 8. The molecule has 1 aromatic heterocycles. The first-order valence-corrected chi connectivity index (χ1v) is 10.2. The third-order valence-electron chi connectivity index (χ3n) is 5.77. The van der Waals surface area contributed by atoms with E-state index in [1.807, 2.05) is 19.1 Å². The second-order valence-corrected chi connectivity index (χ2v) is 7.45. The minimum Gasteiger partial charge on any atom is -0.493 e. The summed E-state index contributed by atoms with van der Waals surface area (Å²) in [5.41, 5.74) is 3.47. The van der Waals surface area contributed by atoms with Gasteiger partial charge in [0.25, 0.3) is 0 Å². The SMILES string of the molecule is CCOc1cc2c(cc1OC)C(c1cc(OC)nnc1OC)=N[C@@H]1CC[C@@H](O)C[C@H]21.Cl. The van der Waals surface area contributed by atoms with Gasteiger partial charge in [0.05, 0.1) is 51.4 Å². The van der Waals surface area contributed by atoms with Crippen LogP contribution in [0.1, 0.15) is 48.8 Å². The number of rotatable bonds is 6. The van der Waals surface area contributed by atoms with Crippen LogP contribution in [-0.4, -0.2) is 61.1 Å². The van der Waals surface area contributed by atoms with E-state index in [0.717, 1.165) is 29.7 Å². The molecule has 0 radical (unpaired) electrons. The predicted octanol–water partition coefficient (Wildman–Crippen LogP) is 3.17. The largest absolute Gasteiger partial charge is 0.493 e. The van der Waals surface area contributed by atoms with Crippen LogP contribution in [-0.2, 0) is 0 Å². The fourth-order valence-electron chi connectivity index (χ4n) is 4.37. The number of aromatic nitrogens is 2. The van der Waals surface area contributed by atoms with E-state index in [-0.39, 0.29) is 30.5 Å². The number of benzene rings is 1. The second-order valence-electron chi connectivity index (χ2n) is 7.45. The lowest BCUT2D eigenvalue weighted by Crippen LogP contribution is -2.34. The summed E-state index contributed by atoms with van der Waals surface area (Å²) in [7, 11) is 4.73. The molecule has 0 bridgehead atoms. The van der Waals surface area contributed by atoms with Gasteiger partial charge in [0.2, 0.25) is 11.8 Å². The zero-order valence-electron chi connectivity index (χ0n) is 18.1. The van der Waals surface area contributed by atoms with Gasteiger partial charge in [0.1, 0.15) is 0 Å². The number of ether oxygens (including phenoxy) is 4. The molecule has 8 nitrogen and oxygen atoms in total. The fraction of sp³-hybridized carbons (Fsp3) is 0.500. The summed E-state index contributed by atoms with van der Waals surface area (Å²) >= 11 is 0. The minimum atomic E-state index is -0.328. The lowest BCUT2D eigenvalue weighted by Gasteiger charge is -2.37. The average molecular weight is 450 g/mol. The van der Waals surface area contributed by atoms with Crippen LogP contribution in [0.25, 0.3) is 0 Å². The normalized spacial score (nSPS) is 21.7. The van der Waals surface area contributed by atoms with Crippen molar-refractivity contribution in [2.75, 3.05) is 27.9 Å². The molecule has 1 aliphatic carbocycles. The van der Waals surface area contributed by atoms with Crippen LogP contribution in [0.2, 0.25) is 0 Å². The molecule has 1 N–H and O–H groups in total. The maximum Gasteiger partial charge on any atom is 0.243 e. The summed E-state index contributed by atoms with van der Waals surface area (Å²) in [6, 6.07) is 5.82. The van der Waals surface area contributed by atoms with Crippen LogP contribution in [0.5, 0.6) is 23.3 Å². The number of nitrogens with zero attached hydrogens (tertiary/aromatic N) is 3. The van der Waals surface area contributed by atoms with Crippen molar-refractivity contribution in [2.45, 2.75) is 44.2 Å². The molecular weight excluding hydrogens is 422 g/mol. The Morgan fingerprint density at radius 2 is 1.77 bits per heavy atom. The van der Waals surface area contributed by atoms with Crippen LogP contribution in [0.4, 0.5) is 0 Å². The number of aliphatic imine (C=N–C) groups is 1. The number of aliphatic hydroxyl groups is 1. The van der Waals surface area contributed by atoms with Gasteiger partial charge in [-0.15, -0.1) is 22.6 Å². The average Bonchev–Trinajstić information content (AvgIpc) is 2.78. The van der Waals surface area contributed by atoms with Crippen molar-refractivity contribution in [3.8, 4) is 23.3 Å². The van der Waals surface area contributed by atoms with Crippen LogP contribution in [0.3, 0.4) is 0 Å². The van der Waals surface area contributed by atoms with Gasteiger partial charge in [-0.3, -0.25) is 4.99 Å². The first-order chi connectivity index (χ1) is 14.6. The molecule has 1 saturated carbocycles. The van der Waals surface area contributed by atoms with Crippen LogP contribution >= 0.6 is 12.4 Å². The van der Waals surface area contributed by atoms with Gasteiger partial charge < -0.3 is 24.1 Å². The monoisotopic (exact) mass is 449 g/mol. The molecule has 1 fully saturated rings. The van der Waals surface area contributed by atoms with Crippen LogP contribution in [0.15, 0.2) is 23.2 Å². The van der Waals surface area contributed by atoms with Gasteiger partial charge in [0.15, 0.2) is 11.5 Å². The summed E-state index contributed by atoms with van der Waals surface area (Å²) in [6.07, 6.45) is 1.88. The number of hydrogen-bond donors (Lipinski definition) is 1. The lowest BCUT2D eigenvalue weighted by molar-refractivity contribution is 0.111. The molecule has 0 saturated heterocycles. The Bertz CT molecular complexity index is 968. The highest BCUT2D eigenvalue weighted by atomic mass is 35.5. The Morgan fingerprint density at radius 3 is 2.45 bits per heavy atom. The first-order valence-electron chi connectivity index (χ1n) is 10.2. The molecule has 168 valence electrons. The summed E-state index contributed by atoms with van der Waals surface area (Å²) in [5, 5.41) is 18.5. The Labute approximate surface area is 188 Å². The Morgan fingerprint density at radius 1 is 0.968 bits per heavy atom. The van der Waals surface area contributed by atoms with Crippen molar-refractivity contribution in [3.63, 3.8) is 0 Å². The molecule has 2 heterocycles. The van der Waals surface area contributed by atoms with Crippen molar-refractivity contribution < 1.29 is 24.1 Å². The highest BCUT2D eigenvalue weighted by Gasteiger charge is 2.38. The number of fused-ring (bicyclic) bond motifs is 3. The third kappa shape index (κ3) is 4.27. The molecule has 2 aromatic rings. The highest BCUT2D eigenvalue weighted by Crippen LogP contribution is 2.45. The number of aliphatic hydroxyl groups excluding tert-OH is 1. The molecule has 31 heavy (non-hydrogen) atoms. The molecule has 9 heteroatoms. The maximum atomic E-state index is 10.3. The molecule has 4 rings (SSSR count). The van der Waals surface area contributed by atoms with Crippen molar-refractivity contribution in [3.05, 3.63) is 34.9 Å². The van der Waals surface area contributed by atoms with Crippen molar-refractivity contribution in [1.82, 2.24) is 10.2 Å². The summed E-state index contributed by atoms with van der Waals surface area (Å²) < 4.78 is 22.2. The smallest absolute Gasteiger partial charge is 0.243 e. The van der Waals surface area contributed by atoms with Gasteiger partial charge in [-0.25, -0.2) is 0 Å². The molecule has 1 aromatic carbocycles. The molecule has 0 amide bonds. The molecule has 0 spiro atoms. The van der Waals surface area contributed by atoms with E-state index in [1.54, 1.807) is 27.4 Å². The zero-order valence-corrected chi connectivity index (χ0v) is 18.9. The molecule has 3 atom stereocenters. The number of halogens is 1. The van der Waals surface area contributed by atoms with Gasteiger partial charge in [-0.2, -0.15) is 0 Å². The molecule has 1 aliphatic heterocycles. The fourth-order valence-corrected chi connectivity index (χ4v) is 4.37. The van der Waals surface area contributed by atoms with E-state index in [2.05, 4.69) is 10.2 Å². The van der Waals surface area contributed by atoms with Gasteiger partial charge in [-0.1, -0.05) is 0 Å². The Kier molecular flexibility index (Phi) is 7.23. The summed E-state index contributed by atoms with van der Waals surface area (Å²) in [5.74, 6) is 2.19. The van der Waals surface area contributed by atoms with Gasteiger partial charge >= 0.3 is 0 Å². The van der Waals surface area contributed by atoms with E-state index in [4.69, 9.17) is 23.9 Å². The standard InChI is InChI=1S/C22H27N3O5.ClH/c1-5-30-19-9-13-14-8-12(26)6-7-17(14)23-21(15(13)10-18(19)27-2)16-11-20(28-3)24-25-22(16)29-4;/h9-12,14,17,26H,5-8H2,1-4H3;1H/t12-,14-,17-;/m1./s1. The van der Waals surface area contributed by atoms with E-state index < -0.39 is 0 Å². The Balaban J connectivity index is 0.00000272. The van der Waals surface area contributed by atoms with E-state index >= 15 is 0 Å². The predicted molar refractivity (Wildman–Crippen MR) is 119 cm³/mol. The van der Waals surface area contributed by atoms with E-state index in [1.165, 1.54) is 0 Å². The minimum absolute atomic E-state index is 0. The first kappa shape index (κ1) is 23.1. The zero-order chi connectivity index (χ0) is 21.3. The quantitative estimate of drug-likeness (QED) is 0.723. The van der Waals surface area contributed by atoms with Crippen LogP contribution < -0.4 is 18.9 Å². The van der Waals surface area contributed by atoms with Crippen molar-refractivity contribution in [2.24, 2.45) is 4.99 Å². The third-order valence-corrected chi connectivity index (χ3v) is 5.77. The topological polar surface area (TPSA) is 95.3 Å². The van der Waals surface area contributed by atoms with Crippen LogP contribution in [0, 0.1) is 0 Å². The lowest BCUT2D eigenvalue weighted by atomic mass is 9.74. The molecular formula is C22H28ClN3O5. The molecule has 2 aliphatic rings. The van der Waals surface area contributed by atoms with Crippen molar-refractivity contribution in [1.29, 1.82) is 0 Å². The van der Waals surface area contributed by atoms with Gasteiger partial charge in [0, 0.05) is 17.5 Å². The van der Waals surface area contributed by atoms with E-state index in [0.29, 0.717) is 41.9 Å². The van der Waals surface area contributed by atoms with E-state index in [9.17, 15) is 5.11 Å². The maximum absolute atomic E-state index is 10.3. The molecule has 0 unspecified atom stereocenters.